The molecule has 5 rings (SSSR count). The number of anilines is 1. The molecule has 0 bridgehead atoms. The summed E-state index contributed by atoms with van der Waals surface area (Å²) in [5.41, 5.74) is 7.20. The maximum Gasteiger partial charge on any atom is 0.263 e. The molecule has 8 heteroatoms. The largest absolute Gasteiger partial charge is 0.368 e. The summed E-state index contributed by atoms with van der Waals surface area (Å²) in [4.78, 5) is 22.0. The normalized spacial score (nSPS) is 14.2. The van der Waals surface area contributed by atoms with E-state index in [0.29, 0.717) is 37.4 Å². The van der Waals surface area contributed by atoms with Crippen LogP contribution < -0.4 is 4.90 Å². The Bertz CT molecular complexity index is 1410. The van der Waals surface area contributed by atoms with E-state index in [9.17, 15) is 13.6 Å². The molecule has 1 aliphatic heterocycles. The van der Waals surface area contributed by atoms with Crippen molar-refractivity contribution in [1.82, 2.24) is 19.5 Å². The van der Waals surface area contributed by atoms with Gasteiger partial charge in [-0.15, -0.1) is 0 Å². The summed E-state index contributed by atoms with van der Waals surface area (Å²) >= 11 is 0. The Kier molecular flexibility index (Phi) is 6.43. The standard InChI is InChI=1S/C28H29F2N5O/c1-18-7-9-21(10-8-18)15-24-19(2)32-27-25(17-31-35(27)20(24)3)28(36)34-13-11-33(12-14-34)23-6-4-5-22(16-23)26(29)30/h4-10,16-17,26H,11-15H2,1-3H3. The molecule has 0 unspecified atom stereocenters. The maximum atomic E-state index is 13.4. The molecule has 0 atom stereocenters. The molecule has 1 fully saturated rings. The monoisotopic (exact) mass is 489 g/mol. The highest BCUT2D eigenvalue weighted by atomic mass is 19.3. The molecule has 1 aliphatic rings. The minimum absolute atomic E-state index is 0.0101. The lowest BCUT2D eigenvalue weighted by molar-refractivity contribution is 0.0748. The van der Waals surface area contributed by atoms with E-state index in [2.05, 4.69) is 36.3 Å². The van der Waals surface area contributed by atoms with Crippen LogP contribution in [-0.2, 0) is 6.42 Å². The van der Waals surface area contributed by atoms with E-state index in [1.165, 1.54) is 23.3 Å². The number of aromatic nitrogens is 3. The van der Waals surface area contributed by atoms with Crippen molar-refractivity contribution in [2.75, 3.05) is 31.1 Å². The molecule has 186 valence electrons. The van der Waals surface area contributed by atoms with Crippen LogP contribution in [0.2, 0.25) is 0 Å². The SMILES string of the molecule is Cc1ccc(Cc2c(C)nc3c(C(=O)N4CCN(c5cccc(C(F)F)c5)CC4)cnn3c2C)cc1. The molecule has 0 aliphatic carbocycles. The van der Waals surface area contributed by atoms with Crippen molar-refractivity contribution < 1.29 is 13.6 Å². The smallest absolute Gasteiger partial charge is 0.263 e. The molecule has 6 nitrogen and oxygen atoms in total. The van der Waals surface area contributed by atoms with Crippen molar-refractivity contribution in [3.63, 3.8) is 0 Å². The second-order valence-electron chi connectivity index (χ2n) is 9.39. The number of nitrogens with zero attached hydrogens (tertiary/aromatic N) is 5. The van der Waals surface area contributed by atoms with Crippen LogP contribution in [0.1, 0.15) is 50.4 Å². The highest BCUT2D eigenvalue weighted by molar-refractivity contribution is 5.99. The lowest BCUT2D eigenvalue weighted by atomic mass is 10.0. The van der Waals surface area contributed by atoms with Gasteiger partial charge in [0.05, 0.1) is 6.20 Å². The number of alkyl halides is 2. The van der Waals surface area contributed by atoms with Gasteiger partial charge in [0.15, 0.2) is 5.65 Å². The molecule has 3 heterocycles. The molecule has 0 saturated carbocycles. The van der Waals surface area contributed by atoms with Crippen molar-refractivity contribution in [2.24, 2.45) is 0 Å². The van der Waals surface area contributed by atoms with Gasteiger partial charge in [0.25, 0.3) is 12.3 Å². The van der Waals surface area contributed by atoms with Gasteiger partial charge in [-0.05, 0) is 44.0 Å². The van der Waals surface area contributed by atoms with Crippen LogP contribution in [0.5, 0.6) is 0 Å². The van der Waals surface area contributed by atoms with Gasteiger partial charge in [0, 0.05) is 55.2 Å². The van der Waals surface area contributed by atoms with Crippen LogP contribution in [0.15, 0.2) is 54.7 Å². The van der Waals surface area contributed by atoms with Gasteiger partial charge in [-0.2, -0.15) is 5.10 Å². The number of fused-ring (bicyclic) bond motifs is 1. The number of amides is 1. The molecule has 0 N–H and O–H groups in total. The summed E-state index contributed by atoms with van der Waals surface area (Å²) in [6, 6.07) is 14.9. The average molecular weight is 490 g/mol. The molecule has 1 saturated heterocycles. The molecular formula is C28H29F2N5O. The van der Waals surface area contributed by atoms with E-state index in [0.717, 1.165) is 29.1 Å². The Morgan fingerprint density at radius 1 is 1.00 bits per heavy atom. The zero-order valence-electron chi connectivity index (χ0n) is 20.7. The Morgan fingerprint density at radius 3 is 2.42 bits per heavy atom. The Labute approximate surface area is 209 Å². The summed E-state index contributed by atoms with van der Waals surface area (Å²) in [7, 11) is 0. The molecule has 1 amide bonds. The lowest BCUT2D eigenvalue weighted by Gasteiger charge is -2.36. The molecule has 0 spiro atoms. The highest BCUT2D eigenvalue weighted by Gasteiger charge is 2.26. The van der Waals surface area contributed by atoms with E-state index in [1.807, 2.05) is 24.8 Å². The molecule has 2 aromatic carbocycles. The van der Waals surface area contributed by atoms with Crippen molar-refractivity contribution in [2.45, 2.75) is 33.6 Å². The fourth-order valence-corrected chi connectivity index (χ4v) is 4.82. The fourth-order valence-electron chi connectivity index (χ4n) is 4.82. The maximum absolute atomic E-state index is 13.4. The van der Waals surface area contributed by atoms with Gasteiger partial charge >= 0.3 is 0 Å². The van der Waals surface area contributed by atoms with Crippen molar-refractivity contribution in [3.05, 3.63) is 93.9 Å². The van der Waals surface area contributed by atoms with Gasteiger partial charge in [0.1, 0.15) is 5.56 Å². The van der Waals surface area contributed by atoms with E-state index < -0.39 is 6.43 Å². The molecule has 0 radical (unpaired) electrons. The van der Waals surface area contributed by atoms with Crippen LogP contribution in [0, 0.1) is 20.8 Å². The number of hydrogen-bond donors (Lipinski definition) is 0. The van der Waals surface area contributed by atoms with E-state index in [-0.39, 0.29) is 11.5 Å². The number of rotatable bonds is 5. The van der Waals surface area contributed by atoms with E-state index in [4.69, 9.17) is 4.98 Å². The predicted octanol–water partition coefficient (Wildman–Crippen LogP) is 5.15. The number of aryl methyl sites for hydroxylation is 3. The minimum atomic E-state index is -2.50. The quantitative estimate of drug-likeness (QED) is 0.389. The van der Waals surface area contributed by atoms with Crippen LogP contribution in [-0.4, -0.2) is 51.6 Å². The zero-order chi connectivity index (χ0) is 25.4. The molecule has 36 heavy (non-hydrogen) atoms. The minimum Gasteiger partial charge on any atom is -0.368 e. The highest BCUT2D eigenvalue weighted by Crippen LogP contribution is 2.26. The molecule has 2 aromatic heterocycles. The van der Waals surface area contributed by atoms with Crippen molar-refractivity contribution >= 4 is 17.2 Å². The molecule has 4 aromatic rings. The number of halogens is 2. The fraction of sp³-hybridized carbons (Fsp3) is 0.321. The van der Waals surface area contributed by atoms with Crippen LogP contribution in [0.3, 0.4) is 0 Å². The predicted molar refractivity (Wildman–Crippen MR) is 136 cm³/mol. The Morgan fingerprint density at radius 2 is 1.72 bits per heavy atom. The average Bonchev–Trinajstić information content (AvgIpc) is 3.31. The summed E-state index contributed by atoms with van der Waals surface area (Å²) in [5, 5.41) is 4.51. The first-order chi connectivity index (χ1) is 17.3. The van der Waals surface area contributed by atoms with Crippen molar-refractivity contribution in [3.8, 4) is 0 Å². The van der Waals surface area contributed by atoms with Crippen LogP contribution in [0.25, 0.3) is 5.65 Å². The van der Waals surface area contributed by atoms with E-state index in [1.54, 1.807) is 21.7 Å². The summed E-state index contributed by atoms with van der Waals surface area (Å²) < 4.78 is 27.9. The topological polar surface area (TPSA) is 53.7 Å². The number of piperazine rings is 1. The summed E-state index contributed by atoms with van der Waals surface area (Å²) in [6.07, 6.45) is -0.149. The first-order valence-corrected chi connectivity index (χ1v) is 12.1. The number of hydrogen-bond acceptors (Lipinski definition) is 4. The third-order valence-corrected chi connectivity index (χ3v) is 6.99. The van der Waals surface area contributed by atoms with Crippen molar-refractivity contribution in [1.29, 1.82) is 0 Å². The van der Waals surface area contributed by atoms with Gasteiger partial charge in [-0.1, -0.05) is 42.0 Å². The third-order valence-electron chi connectivity index (χ3n) is 6.99. The molecular weight excluding hydrogens is 460 g/mol. The Balaban J connectivity index is 1.33. The van der Waals surface area contributed by atoms with Gasteiger partial charge in [0.2, 0.25) is 0 Å². The second-order valence-corrected chi connectivity index (χ2v) is 9.39. The number of carbonyl (C=O) groups excluding carboxylic acids is 1. The number of carbonyl (C=O) groups is 1. The second kappa shape index (κ2) is 9.68. The summed E-state index contributed by atoms with van der Waals surface area (Å²) in [6.45, 7) is 8.20. The first kappa shape index (κ1) is 23.9. The lowest BCUT2D eigenvalue weighted by Crippen LogP contribution is -2.48. The number of benzene rings is 2. The third kappa shape index (κ3) is 4.55. The van der Waals surface area contributed by atoms with Gasteiger partial charge < -0.3 is 9.80 Å². The summed E-state index contributed by atoms with van der Waals surface area (Å²) in [5.74, 6) is -0.108. The van der Waals surface area contributed by atoms with Gasteiger partial charge in [-0.3, -0.25) is 4.79 Å². The zero-order valence-corrected chi connectivity index (χ0v) is 20.7. The van der Waals surface area contributed by atoms with Gasteiger partial charge in [-0.25, -0.2) is 18.3 Å². The first-order valence-electron chi connectivity index (χ1n) is 12.1. The van der Waals surface area contributed by atoms with Crippen LogP contribution >= 0.6 is 0 Å². The van der Waals surface area contributed by atoms with E-state index >= 15 is 0 Å². The van der Waals surface area contributed by atoms with Crippen LogP contribution in [0.4, 0.5) is 14.5 Å². The Hall–Kier alpha value is -3.81.